The first kappa shape index (κ1) is 10.1. The molecule has 0 aromatic rings. The van der Waals surface area contributed by atoms with Gasteiger partial charge < -0.3 is 4.79 Å². The number of nitrogens with zero attached hydrogens (tertiary/aromatic N) is 1. The minimum atomic E-state index is -0.543. The number of hydrogen-bond acceptors (Lipinski definition) is 3. The Balaban J connectivity index is 3.70. The maximum atomic E-state index is 10.5. The van der Waals surface area contributed by atoms with E-state index in [1.54, 1.807) is 6.92 Å². The molecule has 64 valence electrons. The molecule has 4 heteroatoms. The summed E-state index contributed by atoms with van der Waals surface area (Å²) < 4.78 is 0. The van der Waals surface area contributed by atoms with Gasteiger partial charge in [0.1, 0.15) is 5.78 Å². The smallest absolute Gasteiger partial charge is 0.213 e. The first-order chi connectivity index (χ1) is 5.07. The van der Waals surface area contributed by atoms with E-state index in [0.717, 1.165) is 0 Å². The summed E-state index contributed by atoms with van der Waals surface area (Å²) in [6, 6.07) is -0.543. The lowest BCUT2D eigenvalue weighted by molar-refractivity contribution is -0.523. The summed E-state index contributed by atoms with van der Waals surface area (Å²) in [7, 11) is 0. The van der Waals surface area contributed by atoms with Crippen molar-refractivity contribution < 1.29 is 9.72 Å². The predicted molar refractivity (Wildman–Crippen MR) is 41.0 cm³/mol. The van der Waals surface area contributed by atoms with Crippen LogP contribution < -0.4 is 0 Å². The molecule has 0 saturated carbocycles. The summed E-state index contributed by atoms with van der Waals surface area (Å²) in [5, 5.41) is 10.2. The molecule has 0 aromatic carbocycles. The van der Waals surface area contributed by atoms with E-state index >= 15 is 0 Å². The second-order valence-corrected chi connectivity index (χ2v) is 2.59. The summed E-state index contributed by atoms with van der Waals surface area (Å²) >= 11 is 0. The van der Waals surface area contributed by atoms with Gasteiger partial charge in [-0.3, -0.25) is 10.1 Å². The predicted octanol–water partition coefficient (Wildman–Crippen LogP) is 1.41. The Bertz CT molecular complexity index is 156. The number of ketones is 1. The van der Waals surface area contributed by atoms with Gasteiger partial charge in [-0.25, -0.2) is 0 Å². The maximum Gasteiger partial charge on any atom is 0.213 e. The van der Waals surface area contributed by atoms with Gasteiger partial charge in [-0.2, -0.15) is 0 Å². The van der Waals surface area contributed by atoms with Gasteiger partial charge in [-0.1, -0.05) is 6.92 Å². The fourth-order valence-corrected chi connectivity index (χ4v) is 0.828. The Morgan fingerprint density at radius 1 is 1.64 bits per heavy atom. The minimum Gasteiger partial charge on any atom is -0.300 e. The third kappa shape index (κ3) is 4.47. The number of carbonyl (C=O) groups excluding carboxylic acids is 1. The van der Waals surface area contributed by atoms with Crippen molar-refractivity contribution in [1.29, 1.82) is 0 Å². The monoisotopic (exact) mass is 159 g/mol. The Hall–Kier alpha value is -0.930. The molecule has 0 radical (unpaired) electrons. The SMILES string of the molecule is CC[C@@H](CCC(C)=O)[N+](=O)[O-]. The quantitative estimate of drug-likeness (QED) is 0.450. The number of Topliss-reactive ketones (excluding diaryl/α,β-unsaturated/α-hetero) is 1. The highest BCUT2D eigenvalue weighted by molar-refractivity contribution is 5.75. The molecule has 0 aliphatic carbocycles. The fraction of sp³-hybridized carbons (Fsp3) is 0.857. The second kappa shape index (κ2) is 4.82. The first-order valence-corrected chi connectivity index (χ1v) is 3.70. The molecule has 0 bridgehead atoms. The number of carbonyl (C=O) groups is 1. The van der Waals surface area contributed by atoms with Gasteiger partial charge in [0.15, 0.2) is 0 Å². The summed E-state index contributed by atoms with van der Waals surface area (Å²) in [5.41, 5.74) is 0. The van der Waals surface area contributed by atoms with Gasteiger partial charge in [0, 0.05) is 24.2 Å². The normalized spacial score (nSPS) is 12.5. The Labute approximate surface area is 65.7 Å². The first-order valence-electron chi connectivity index (χ1n) is 3.70. The molecule has 0 spiro atoms. The van der Waals surface area contributed by atoms with Crippen LogP contribution in [0.4, 0.5) is 0 Å². The molecule has 0 fully saturated rings. The molecule has 0 aliphatic heterocycles. The van der Waals surface area contributed by atoms with Crippen LogP contribution in [0.25, 0.3) is 0 Å². The maximum absolute atomic E-state index is 10.5. The highest BCUT2D eigenvalue weighted by Gasteiger charge is 2.16. The zero-order chi connectivity index (χ0) is 8.85. The lowest BCUT2D eigenvalue weighted by Crippen LogP contribution is -2.18. The molecule has 0 saturated heterocycles. The lowest BCUT2D eigenvalue weighted by Gasteiger charge is -2.03. The molecule has 0 N–H and O–H groups in total. The third-order valence-corrected chi connectivity index (χ3v) is 1.60. The molecule has 0 aliphatic rings. The van der Waals surface area contributed by atoms with E-state index < -0.39 is 6.04 Å². The van der Waals surface area contributed by atoms with Crippen LogP contribution in [-0.4, -0.2) is 16.7 Å². The zero-order valence-electron chi connectivity index (χ0n) is 6.87. The molecule has 0 unspecified atom stereocenters. The van der Waals surface area contributed by atoms with Gasteiger partial charge in [-0.05, 0) is 6.92 Å². The number of nitro groups is 1. The van der Waals surface area contributed by atoms with E-state index in [9.17, 15) is 14.9 Å². The molecule has 0 aromatic heterocycles. The lowest BCUT2D eigenvalue weighted by atomic mass is 10.1. The van der Waals surface area contributed by atoms with E-state index in [1.807, 2.05) is 0 Å². The van der Waals surface area contributed by atoms with Crippen molar-refractivity contribution >= 4 is 5.78 Å². The van der Waals surface area contributed by atoms with Crippen molar-refractivity contribution in [1.82, 2.24) is 0 Å². The molecule has 11 heavy (non-hydrogen) atoms. The Kier molecular flexibility index (Phi) is 4.41. The second-order valence-electron chi connectivity index (χ2n) is 2.59. The van der Waals surface area contributed by atoms with Crippen molar-refractivity contribution in [2.45, 2.75) is 39.2 Å². The topological polar surface area (TPSA) is 60.2 Å². The van der Waals surface area contributed by atoms with Crippen molar-refractivity contribution in [3.05, 3.63) is 10.1 Å². The van der Waals surface area contributed by atoms with E-state index in [1.165, 1.54) is 6.92 Å². The van der Waals surface area contributed by atoms with E-state index in [4.69, 9.17) is 0 Å². The Morgan fingerprint density at radius 3 is 2.45 bits per heavy atom. The summed E-state index contributed by atoms with van der Waals surface area (Å²) in [6.07, 6.45) is 1.19. The molecule has 1 atom stereocenters. The van der Waals surface area contributed by atoms with Crippen molar-refractivity contribution in [2.24, 2.45) is 0 Å². The average molecular weight is 159 g/mol. The molecule has 0 rings (SSSR count). The standard InChI is InChI=1S/C7H13NO3/c1-3-7(8(10)11)5-4-6(2)9/h7H,3-5H2,1-2H3/t7-/m0/s1. The molecular weight excluding hydrogens is 146 g/mol. The van der Waals surface area contributed by atoms with Crippen LogP contribution in [0.5, 0.6) is 0 Å². The van der Waals surface area contributed by atoms with Crippen LogP contribution >= 0.6 is 0 Å². The van der Waals surface area contributed by atoms with E-state index in [2.05, 4.69) is 0 Å². The van der Waals surface area contributed by atoms with Crippen molar-refractivity contribution in [2.75, 3.05) is 0 Å². The van der Waals surface area contributed by atoms with Gasteiger partial charge in [0.05, 0.1) is 0 Å². The molecule has 0 heterocycles. The van der Waals surface area contributed by atoms with Gasteiger partial charge in [0.2, 0.25) is 6.04 Å². The van der Waals surface area contributed by atoms with Crippen LogP contribution in [-0.2, 0) is 4.79 Å². The highest BCUT2D eigenvalue weighted by atomic mass is 16.6. The van der Waals surface area contributed by atoms with Crippen molar-refractivity contribution in [3.8, 4) is 0 Å². The van der Waals surface area contributed by atoms with E-state index in [0.29, 0.717) is 19.3 Å². The van der Waals surface area contributed by atoms with Crippen LogP contribution in [0, 0.1) is 10.1 Å². The molecule has 0 amide bonds. The number of hydrogen-bond donors (Lipinski definition) is 0. The van der Waals surface area contributed by atoms with Gasteiger partial charge >= 0.3 is 0 Å². The summed E-state index contributed by atoms with van der Waals surface area (Å²) in [4.78, 5) is 20.4. The fourth-order valence-electron chi connectivity index (χ4n) is 0.828. The van der Waals surface area contributed by atoms with Gasteiger partial charge in [-0.15, -0.1) is 0 Å². The minimum absolute atomic E-state index is 0.0188. The molecular formula is C7H13NO3. The number of rotatable bonds is 5. The largest absolute Gasteiger partial charge is 0.300 e. The van der Waals surface area contributed by atoms with Crippen LogP contribution in [0.1, 0.15) is 33.1 Å². The van der Waals surface area contributed by atoms with E-state index in [-0.39, 0.29) is 10.7 Å². The van der Waals surface area contributed by atoms with Crippen LogP contribution in [0.2, 0.25) is 0 Å². The van der Waals surface area contributed by atoms with Gasteiger partial charge in [0.25, 0.3) is 0 Å². The van der Waals surface area contributed by atoms with Crippen molar-refractivity contribution in [3.63, 3.8) is 0 Å². The summed E-state index contributed by atoms with van der Waals surface area (Å²) in [6.45, 7) is 3.21. The Morgan fingerprint density at radius 2 is 2.18 bits per heavy atom. The molecule has 4 nitrogen and oxygen atoms in total. The highest BCUT2D eigenvalue weighted by Crippen LogP contribution is 2.05. The van der Waals surface area contributed by atoms with Crippen LogP contribution in [0.3, 0.4) is 0 Å². The summed E-state index contributed by atoms with van der Waals surface area (Å²) in [5.74, 6) is 0.0188. The third-order valence-electron chi connectivity index (χ3n) is 1.60. The average Bonchev–Trinajstić information content (AvgIpc) is 1.87. The van der Waals surface area contributed by atoms with Crippen LogP contribution in [0.15, 0.2) is 0 Å². The zero-order valence-corrected chi connectivity index (χ0v) is 6.87.